The predicted octanol–water partition coefficient (Wildman–Crippen LogP) is -1.10. The van der Waals surface area contributed by atoms with Crippen molar-refractivity contribution < 1.29 is 14.3 Å². The van der Waals surface area contributed by atoms with Crippen molar-refractivity contribution in [2.45, 2.75) is 12.5 Å². The van der Waals surface area contributed by atoms with E-state index in [1.165, 1.54) is 7.11 Å². The van der Waals surface area contributed by atoms with Crippen LogP contribution in [0.5, 0.6) is 0 Å². The molecule has 0 aromatic rings. The van der Waals surface area contributed by atoms with Gasteiger partial charge in [-0.1, -0.05) is 0 Å². The fourth-order valence-corrected chi connectivity index (χ4v) is 1.54. The van der Waals surface area contributed by atoms with Crippen LogP contribution >= 0.6 is 0 Å². The molecule has 3 N–H and O–H groups in total. The highest BCUT2D eigenvalue weighted by atomic mass is 16.5. The molecule has 14 heavy (non-hydrogen) atoms. The fraction of sp³-hybridized carbons (Fsp3) is 0.750. The number of rotatable bonds is 3. The Kier molecular flexibility index (Phi) is 3.70. The van der Waals surface area contributed by atoms with E-state index in [1.807, 2.05) is 4.90 Å². The number of carbonyl (C=O) groups excluding carboxylic acids is 2. The summed E-state index contributed by atoms with van der Waals surface area (Å²) in [7, 11) is 1.32. The second-order valence-corrected chi connectivity index (χ2v) is 3.32. The Morgan fingerprint density at radius 2 is 2.36 bits per heavy atom. The Bertz CT molecular complexity index is 232. The van der Waals surface area contributed by atoms with E-state index < -0.39 is 6.09 Å². The highest BCUT2D eigenvalue weighted by Gasteiger charge is 2.24. The molecule has 0 radical (unpaired) electrons. The zero-order chi connectivity index (χ0) is 10.6. The smallest absolute Gasteiger partial charge is 0.407 e. The lowest BCUT2D eigenvalue weighted by Gasteiger charge is -2.14. The molecule has 2 amide bonds. The third-order valence-electron chi connectivity index (χ3n) is 2.16. The number of likely N-dealkylation sites (tertiary alicyclic amines) is 1. The first-order chi connectivity index (χ1) is 6.61. The van der Waals surface area contributed by atoms with E-state index in [1.54, 1.807) is 0 Å². The lowest BCUT2D eigenvalue weighted by Crippen LogP contribution is -2.38. The summed E-state index contributed by atoms with van der Waals surface area (Å²) in [5.41, 5.74) is 5.05. The average molecular weight is 201 g/mol. The number of carbonyl (C=O) groups is 2. The lowest BCUT2D eigenvalue weighted by atomic mass is 10.3. The summed E-state index contributed by atoms with van der Waals surface area (Å²) in [6.45, 7) is 1.68. The zero-order valence-corrected chi connectivity index (χ0v) is 8.16. The Morgan fingerprint density at radius 3 is 2.93 bits per heavy atom. The molecule has 0 aliphatic carbocycles. The number of nitrogens with zero attached hydrogens (tertiary/aromatic N) is 1. The van der Waals surface area contributed by atoms with Gasteiger partial charge in [0.15, 0.2) is 0 Å². The van der Waals surface area contributed by atoms with Gasteiger partial charge >= 0.3 is 6.09 Å². The third-order valence-corrected chi connectivity index (χ3v) is 2.16. The highest BCUT2D eigenvalue weighted by Crippen LogP contribution is 2.08. The second kappa shape index (κ2) is 4.80. The molecule has 1 unspecified atom stereocenters. The van der Waals surface area contributed by atoms with Crippen LogP contribution in [0.15, 0.2) is 0 Å². The van der Waals surface area contributed by atoms with Crippen LogP contribution in [0.3, 0.4) is 0 Å². The van der Waals surface area contributed by atoms with Gasteiger partial charge in [-0.2, -0.15) is 0 Å². The number of primary amides is 1. The van der Waals surface area contributed by atoms with Crippen molar-refractivity contribution in [2.24, 2.45) is 5.73 Å². The van der Waals surface area contributed by atoms with Gasteiger partial charge in [0.05, 0.1) is 13.7 Å². The van der Waals surface area contributed by atoms with Crippen LogP contribution in [0.4, 0.5) is 4.79 Å². The molecule has 0 saturated carbocycles. The maximum atomic E-state index is 10.9. The lowest BCUT2D eigenvalue weighted by molar-refractivity contribution is -0.118. The van der Waals surface area contributed by atoms with Crippen molar-refractivity contribution in [1.29, 1.82) is 0 Å². The number of hydrogen-bond donors (Lipinski definition) is 2. The standard InChI is InChI=1S/C8H15N3O3/c1-14-8(13)10-6-2-3-11(4-6)5-7(9)12/h6H,2-5H2,1H3,(H2,9,12)(H,10,13). The summed E-state index contributed by atoms with van der Waals surface area (Å²) in [5.74, 6) is -0.344. The van der Waals surface area contributed by atoms with E-state index in [9.17, 15) is 9.59 Å². The molecule has 0 aromatic carbocycles. The second-order valence-electron chi connectivity index (χ2n) is 3.32. The average Bonchev–Trinajstić information content (AvgIpc) is 2.51. The molecule has 1 aliphatic heterocycles. The van der Waals surface area contributed by atoms with Gasteiger partial charge in [0.25, 0.3) is 0 Å². The number of alkyl carbamates (subject to hydrolysis) is 1. The SMILES string of the molecule is COC(=O)NC1CCN(CC(N)=O)C1. The number of nitrogens with two attached hydrogens (primary N) is 1. The summed E-state index contributed by atoms with van der Waals surface area (Å²) in [6, 6.07) is 0.0572. The monoisotopic (exact) mass is 201 g/mol. The van der Waals surface area contributed by atoms with Crippen LogP contribution in [0.1, 0.15) is 6.42 Å². The van der Waals surface area contributed by atoms with Crippen molar-refractivity contribution >= 4 is 12.0 Å². The van der Waals surface area contributed by atoms with Gasteiger partial charge in [-0.25, -0.2) is 4.79 Å². The molecular weight excluding hydrogens is 186 g/mol. The molecule has 0 aromatic heterocycles. The predicted molar refractivity (Wildman–Crippen MR) is 49.6 cm³/mol. The number of methoxy groups -OCH3 is 1. The Hall–Kier alpha value is -1.30. The van der Waals surface area contributed by atoms with E-state index in [4.69, 9.17) is 5.73 Å². The first-order valence-corrected chi connectivity index (χ1v) is 4.47. The Morgan fingerprint density at radius 1 is 1.64 bits per heavy atom. The molecule has 6 heteroatoms. The van der Waals surface area contributed by atoms with E-state index in [-0.39, 0.29) is 18.5 Å². The number of ether oxygens (including phenoxy) is 1. The van der Waals surface area contributed by atoms with Crippen LogP contribution in [0, 0.1) is 0 Å². The molecule has 6 nitrogen and oxygen atoms in total. The normalized spacial score (nSPS) is 21.9. The first-order valence-electron chi connectivity index (χ1n) is 4.47. The number of amides is 2. The van der Waals surface area contributed by atoms with Crippen molar-refractivity contribution in [3.63, 3.8) is 0 Å². The van der Waals surface area contributed by atoms with Crippen molar-refractivity contribution in [1.82, 2.24) is 10.2 Å². The van der Waals surface area contributed by atoms with Gasteiger partial charge in [-0.15, -0.1) is 0 Å². The van der Waals surface area contributed by atoms with Crippen LogP contribution in [-0.2, 0) is 9.53 Å². The van der Waals surface area contributed by atoms with Crippen LogP contribution in [-0.4, -0.2) is 49.7 Å². The fourth-order valence-electron chi connectivity index (χ4n) is 1.54. The molecule has 1 rings (SSSR count). The molecule has 0 spiro atoms. The van der Waals surface area contributed by atoms with Gasteiger partial charge in [-0.05, 0) is 6.42 Å². The summed E-state index contributed by atoms with van der Waals surface area (Å²) in [5, 5.41) is 2.68. The van der Waals surface area contributed by atoms with Gasteiger partial charge < -0.3 is 15.8 Å². The summed E-state index contributed by atoms with van der Waals surface area (Å²) in [4.78, 5) is 23.4. The molecule has 80 valence electrons. The largest absolute Gasteiger partial charge is 0.453 e. The van der Waals surface area contributed by atoms with Crippen molar-refractivity contribution in [3.05, 3.63) is 0 Å². The van der Waals surface area contributed by atoms with Crippen molar-refractivity contribution in [3.8, 4) is 0 Å². The molecule has 0 bridgehead atoms. The van der Waals surface area contributed by atoms with E-state index in [2.05, 4.69) is 10.1 Å². The van der Waals surface area contributed by atoms with E-state index >= 15 is 0 Å². The Balaban J connectivity index is 2.27. The summed E-state index contributed by atoms with van der Waals surface area (Å²) >= 11 is 0. The quantitative estimate of drug-likeness (QED) is 0.607. The van der Waals surface area contributed by atoms with E-state index in [0.29, 0.717) is 6.54 Å². The maximum Gasteiger partial charge on any atom is 0.407 e. The van der Waals surface area contributed by atoms with Crippen LogP contribution in [0.25, 0.3) is 0 Å². The number of hydrogen-bond acceptors (Lipinski definition) is 4. The Labute approximate surface area is 82.4 Å². The minimum atomic E-state index is -0.434. The molecular formula is C8H15N3O3. The van der Waals surface area contributed by atoms with Gasteiger partial charge in [0, 0.05) is 19.1 Å². The highest BCUT2D eigenvalue weighted by molar-refractivity contribution is 5.76. The zero-order valence-electron chi connectivity index (χ0n) is 8.16. The maximum absolute atomic E-state index is 10.9. The van der Waals surface area contributed by atoms with Gasteiger partial charge in [-0.3, -0.25) is 9.69 Å². The minimum absolute atomic E-state index is 0.0572. The minimum Gasteiger partial charge on any atom is -0.453 e. The first kappa shape index (κ1) is 10.8. The topological polar surface area (TPSA) is 84.7 Å². The van der Waals surface area contributed by atoms with Crippen LogP contribution < -0.4 is 11.1 Å². The third kappa shape index (κ3) is 3.21. The number of nitrogens with one attached hydrogen (secondary N) is 1. The molecule has 1 saturated heterocycles. The molecule has 1 aliphatic rings. The summed E-state index contributed by atoms with van der Waals surface area (Å²) < 4.78 is 4.47. The van der Waals surface area contributed by atoms with Crippen LogP contribution in [0.2, 0.25) is 0 Å². The van der Waals surface area contributed by atoms with Crippen molar-refractivity contribution in [2.75, 3.05) is 26.7 Å². The molecule has 1 heterocycles. The van der Waals surface area contributed by atoms with E-state index in [0.717, 1.165) is 13.0 Å². The summed E-state index contributed by atoms with van der Waals surface area (Å²) in [6.07, 6.45) is 0.387. The van der Waals surface area contributed by atoms with Gasteiger partial charge in [0.2, 0.25) is 5.91 Å². The van der Waals surface area contributed by atoms with Gasteiger partial charge in [0.1, 0.15) is 0 Å². The molecule has 1 fully saturated rings. The molecule has 1 atom stereocenters.